The predicted molar refractivity (Wildman–Crippen MR) is 219 cm³/mol. The molecule has 0 unspecified atom stereocenters. The highest BCUT2D eigenvalue weighted by molar-refractivity contribution is 6.12. The standard InChI is InChI=1S/C48H38N4/c1-2-40(37-22-16-17-34(31-37)33-50-48(36-20-8-4-9-21-36)51-47(49)35-18-6-3-7-19-35)42-26-13-12-25-41(42)38-29-30-46-44(32-38)43-27-14-15-28-45(43)52(46)39-23-10-5-11-24-39/h2-32H,33H2,1H3,(H2,49,50,51)/b40-2-. The molecule has 4 heteroatoms. The van der Waals surface area contributed by atoms with Crippen LogP contribution in [0.4, 0.5) is 0 Å². The minimum Gasteiger partial charge on any atom is -0.383 e. The van der Waals surface area contributed by atoms with Crippen LogP contribution in [0, 0.1) is 0 Å². The van der Waals surface area contributed by atoms with Gasteiger partial charge in [0, 0.05) is 27.6 Å². The Morgan fingerprint density at radius 2 is 1.21 bits per heavy atom. The van der Waals surface area contributed by atoms with Crippen LogP contribution in [0.5, 0.6) is 0 Å². The van der Waals surface area contributed by atoms with E-state index in [4.69, 9.17) is 15.7 Å². The lowest BCUT2D eigenvalue weighted by atomic mass is 9.89. The summed E-state index contributed by atoms with van der Waals surface area (Å²) in [5.41, 5.74) is 18.7. The fourth-order valence-electron chi connectivity index (χ4n) is 7.01. The minimum absolute atomic E-state index is 0.438. The van der Waals surface area contributed by atoms with E-state index in [1.807, 2.05) is 60.7 Å². The summed E-state index contributed by atoms with van der Waals surface area (Å²) in [6.45, 7) is 2.58. The summed E-state index contributed by atoms with van der Waals surface area (Å²) in [7, 11) is 0. The van der Waals surface area contributed by atoms with Crippen LogP contribution in [0.25, 0.3) is 44.2 Å². The second-order valence-electron chi connectivity index (χ2n) is 12.7. The van der Waals surface area contributed by atoms with Gasteiger partial charge in [0.15, 0.2) is 5.84 Å². The SMILES string of the molecule is C/C=C(/c1cccc(CN=C(N=C(N)c2ccccc2)c2ccccc2)c1)c1ccccc1-c1ccc2c(c1)c1ccccc1n2-c1ccccc1. The Balaban J connectivity index is 1.15. The molecule has 8 aromatic rings. The van der Waals surface area contributed by atoms with Crippen molar-refractivity contribution in [1.29, 1.82) is 0 Å². The van der Waals surface area contributed by atoms with E-state index in [-0.39, 0.29) is 0 Å². The highest BCUT2D eigenvalue weighted by Gasteiger charge is 2.16. The lowest BCUT2D eigenvalue weighted by molar-refractivity contribution is 1.06. The van der Waals surface area contributed by atoms with Gasteiger partial charge in [-0.05, 0) is 76.7 Å². The third kappa shape index (κ3) is 6.46. The van der Waals surface area contributed by atoms with E-state index in [1.54, 1.807) is 0 Å². The lowest BCUT2D eigenvalue weighted by Gasteiger charge is -2.15. The molecule has 1 aromatic heterocycles. The Morgan fingerprint density at radius 3 is 1.98 bits per heavy atom. The van der Waals surface area contributed by atoms with Crippen LogP contribution in [-0.2, 0) is 6.54 Å². The lowest BCUT2D eigenvalue weighted by Crippen LogP contribution is -2.16. The first-order valence-electron chi connectivity index (χ1n) is 17.6. The number of nitrogens with two attached hydrogens (primary N) is 1. The fourth-order valence-corrected chi connectivity index (χ4v) is 7.01. The molecule has 1 heterocycles. The summed E-state index contributed by atoms with van der Waals surface area (Å²) < 4.78 is 2.36. The van der Waals surface area contributed by atoms with Crippen LogP contribution < -0.4 is 5.73 Å². The molecular formula is C48H38N4. The van der Waals surface area contributed by atoms with Crippen molar-refractivity contribution in [3.05, 3.63) is 216 Å². The van der Waals surface area contributed by atoms with Crippen LogP contribution >= 0.6 is 0 Å². The van der Waals surface area contributed by atoms with Gasteiger partial charge in [-0.3, -0.25) is 4.99 Å². The third-order valence-electron chi connectivity index (χ3n) is 9.48. The minimum atomic E-state index is 0.438. The van der Waals surface area contributed by atoms with E-state index in [1.165, 1.54) is 44.1 Å². The summed E-state index contributed by atoms with van der Waals surface area (Å²) in [6.07, 6.45) is 2.21. The van der Waals surface area contributed by atoms with Crippen LogP contribution in [-0.4, -0.2) is 16.2 Å². The van der Waals surface area contributed by atoms with Crippen molar-refractivity contribution in [1.82, 2.24) is 4.57 Å². The number of hydrogen-bond donors (Lipinski definition) is 1. The highest BCUT2D eigenvalue weighted by atomic mass is 15.0. The van der Waals surface area contributed by atoms with Gasteiger partial charge in [-0.1, -0.05) is 152 Å². The molecule has 0 aliphatic heterocycles. The van der Waals surface area contributed by atoms with E-state index in [9.17, 15) is 0 Å². The molecule has 8 rings (SSSR count). The summed E-state index contributed by atoms with van der Waals surface area (Å²) in [4.78, 5) is 9.79. The third-order valence-corrected chi connectivity index (χ3v) is 9.48. The van der Waals surface area contributed by atoms with Crippen molar-refractivity contribution >= 4 is 39.1 Å². The first-order valence-corrected chi connectivity index (χ1v) is 17.6. The van der Waals surface area contributed by atoms with Gasteiger partial charge in [0.2, 0.25) is 0 Å². The summed E-state index contributed by atoms with van der Waals surface area (Å²) in [6, 6.07) is 63.3. The smallest absolute Gasteiger partial charge is 0.157 e. The van der Waals surface area contributed by atoms with Gasteiger partial charge in [0.1, 0.15) is 5.84 Å². The number of hydrogen-bond acceptors (Lipinski definition) is 1. The number of aliphatic imine (C=N–C) groups is 2. The number of nitrogens with zero attached hydrogens (tertiary/aromatic N) is 3. The van der Waals surface area contributed by atoms with Crippen molar-refractivity contribution < 1.29 is 0 Å². The Kier molecular flexibility index (Phi) is 9.10. The molecule has 250 valence electrons. The zero-order chi connectivity index (χ0) is 35.3. The normalized spacial score (nSPS) is 12.4. The zero-order valence-corrected chi connectivity index (χ0v) is 29.0. The van der Waals surface area contributed by atoms with E-state index in [0.717, 1.165) is 27.9 Å². The van der Waals surface area contributed by atoms with Gasteiger partial charge >= 0.3 is 0 Å². The second-order valence-corrected chi connectivity index (χ2v) is 12.7. The molecule has 0 fully saturated rings. The summed E-state index contributed by atoms with van der Waals surface area (Å²) >= 11 is 0. The number of aromatic nitrogens is 1. The van der Waals surface area contributed by atoms with Crippen LogP contribution in [0.2, 0.25) is 0 Å². The van der Waals surface area contributed by atoms with Gasteiger partial charge in [0.25, 0.3) is 0 Å². The average Bonchev–Trinajstić information content (AvgIpc) is 3.55. The van der Waals surface area contributed by atoms with E-state index < -0.39 is 0 Å². The Morgan fingerprint density at radius 1 is 0.577 bits per heavy atom. The van der Waals surface area contributed by atoms with Gasteiger partial charge < -0.3 is 10.3 Å². The number of rotatable bonds is 8. The maximum atomic E-state index is 6.46. The zero-order valence-electron chi connectivity index (χ0n) is 29.0. The average molecular weight is 671 g/mol. The maximum absolute atomic E-state index is 6.46. The molecule has 52 heavy (non-hydrogen) atoms. The highest BCUT2D eigenvalue weighted by Crippen LogP contribution is 2.38. The predicted octanol–water partition coefficient (Wildman–Crippen LogP) is 11.3. The fraction of sp³-hybridized carbons (Fsp3) is 0.0417. The maximum Gasteiger partial charge on any atom is 0.157 e. The quantitative estimate of drug-likeness (QED) is 0.127. The van der Waals surface area contributed by atoms with E-state index in [0.29, 0.717) is 18.2 Å². The van der Waals surface area contributed by atoms with Gasteiger partial charge in [-0.15, -0.1) is 0 Å². The molecular weight excluding hydrogens is 633 g/mol. The summed E-state index contributed by atoms with van der Waals surface area (Å²) in [5, 5.41) is 2.48. The van der Waals surface area contributed by atoms with Gasteiger partial charge in [0.05, 0.1) is 17.6 Å². The molecule has 7 aromatic carbocycles. The number of allylic oxidation sites excluding steroid dienone is 1. The first kappa shape index (κ1) is 32.4. The van der Waals surface area contributed by atoms with Gasteiger partial charge in [-0.25, -0.2) is 4.99 Å². The molecule has 0 atom stereocenters. The molecule has 0 radical (unpaired) electrons. The van der Waals surface area contributed by atoms with Crippen molar-refractivity contribution in [2.24, 2.45) is 15.7 Å². The van der Waals surface area contributed by atoms with Crippen molar-refractivity contribution in [3.8, 4) is 16.8 Å². The first-order chi connectivity index (χ1) is 25.7. The Labute approximate surface area is 304 Å². The second kappa shape index (κ2) is 14.6. The molecule has 0 aliphatic carbocycles. The van der Waals surface area contributed by atoms with E-state index >= 15 is 0 Å². The molecule has 4 nitrogen and oxygen atoms in total. The van der Waals surface area contributed by atoms with Gasteiger partial charge in [-0.2, -0.15) is 0 Å². The molecule has 0 saturated heterocycles. The summed E-state index contributed by atoms with van der Waals surface area (Å²) in [5.74, 6) is 1.04. The van der Waals surface area contributed by atoms with E-state index in [2.05, 4.69) is 139 Å². The molecule has 0 amide bonds. The number of benzene rings is 7. The molecule has 0 bridgehead atoms. The van der Waals surface area contributed by atoms with Crippen LogP contribution in [0.1, 0.15) is 34.7 Å². The molecule has 0 aliphatic rings. The number of fused-ring (bicyclic) bond motifs is 3. The van der Waals surface area contributed by atoms with Crippen molar-refractivity contribution in [2.45, 2.75) is 13.5 Å². The van der Waals surface area contributed by atoms with Crippen molar-refractivity contribution in [2.75, 3.05) is 0 Å². The Hall–Kier alpha value is -6.78. The molecule has 0 spiro atoms. The Bertz CT molecular complexity index is 2600. The number of amidine groups is 2. The topological polar surface area (TPSA) is 55.7 Å². The number of para-hydroxylation sites is 2. The van der Waals surface area contributed by atoms with Crippen LogP contribution in [0.15, 0.2) is 198 Å². The monoisotopic (exact) mass is 670 g/mol. The van der Waals surface area contributed by atoms with Crippen molar-refractivity contribution in [3.63, 3.8) is 0 Å². The largest absolute Gasteiger partial charge is 0.383 e. The molecule has 0 saturated carbocycles. The van der Waals surface area contributed by atoms with Crippen LogP contribution in [0.3, 0.4) is 0 Å². The molecule has 2 N–H and O–H groups in total.